The quantitative estimate of drug-likeness (QED) is 0.918. The number of halogens is 1. The van der Waals surface area contributed by atoms with Crippen molar-refractivity contribution >= 4 is 5.71 Å². The lowest BCUT2D eigenvalue weighted by Crippen LogP contribution is -2.19. The van der Waals surface area contributed by atoms with E-state index in [1.165, 1.54) is 17.7 Å². The van der Waals surface area contributed by atoms with Gasteiger partial charge in [0.2, 0.25) is 0 Å². The van der Waals surface area contributed by atoms with Crippen molar-refractivity contribution in [3.63, 3.8) is 0 Å². The van der Waals surface area contributed by atoms with Crippen LogP contribution in [-0.4, -0.2) is 17.3 Å². The molecule has 4 heteroatoms. The predicted molar refractivity (Wildman–Crippen MR) is 86.8 cm³/mol. The number of rotatable bonds is 5. The highest BCUT2D eigenvalue weighted by molar-refractivity contribution is 5.86. The summed E-state index contributed by atoms with van der Waals surface area (Å²) in [5.74, 6) is -0.209. The molecular formula is C18H20FN3. The molecule has 0 amide bonds. The zero-order chi connectivity index (χ0) is 15.4. The molecule has 2 aromatic rings. The molecule has 0 saturated heterocycles. The normalized spacial score (nSPS) is 17.6. The lowest BCUT2D eigenvalue weighted by molar-refractivity contribution is 0.224. The first-order chi connectivity index (χ1) is 10.8. The highest BCUT2D eigenvalue weighted by Gasteiger charge is 2.27. The topological polar surface area (TPSA) is 41.6 Å². The van der Waals surface area contributed by atoms with Crippen LogP contribution in [0.15, 0.2) is 59.7 Å². The maximum atomic E-state index is 13.2. The standard InChI is InChI=1S/C18H20FN3/c19-16-8-6-15(7-9-16)18-12-17(10-11-20)21-22(18)13-14-4-2-1-3-5-14/h1-9,18H,10-13,20H2. The first kappa shape index (κ1) is 14.7. The fraction of sp³-hybridized carbons (Fsp3) is 0.278. The molecule has 114 valence electrons. The number of hydrogen-bond donors (Lipinski definition) is 1. The van der Waals surface area contributed by atoms with E-state index in [9.17, 15) is 4.39 Å². The molecule has 0 spiro atoms. The van der Waals surface area contributed by atoms with Gasteiger partial charge in [0, 0.05) is 12.1 Å². The van der Waals surface area contributed by atoms with Gasteiger partial charge in [0.1, 0.15) is 5.82 Å². The van der Waals surface area contributed by atoms with Crippen LogP contribution < -0.4 is 5.73 Å². The van der Waals surface area contributed by atoms with Crippen LogP contribution in [-0.2, 0) is 6.54 Å². The second-order valence-corrected chi connectivity index (χ2v) is 5.56. The van der Waals surface area contributed by atoms with E-state index in [0.717, 1.165) is 30.7 Å². The van der Waals surface area contributed by atoms with Crippen LogP contribution in [0.25, 0.3) is 0 Å². The SMILES string of the molecule is NCCC1=NN(Cc2ccccc2)C(c2ccc(F)cc2)C1. The molecule has 3 rings (SSSR count). The van der Waals surface area contributed by atoms with Crippen molar-refractivity contribution < 1.29 is 4.39 Å². The Morgan fingerprint density at radius 3 is 2.50 bits per heavy atom. The van der Waals surface area contributed by atoms with E-state index < -0.39 is 0 Å². The third-order valence-electron chi connectivity index (χ3n) is 3.93. The van der Waals surface area contributed by atoms with E-state index in [1.54, 1.807) is 0 Å². The van der Waals surface area contributed by atoms with Gasteiger partial charge in [-0.15, -0.1) is 0 Å². The highest BCUT2D eigenvalue weighted by atomic mass is 19.1. The monoisotopic (exact) mass is 297 g/mol. The number of nitrogens with two attached hydrogens (primary N) is 1. The summed E-state index contributed by atoms with van der Waals surface area (Å²) in [7, 11) is 0. The van der Waals surface area contributed by atoms with Gasteiger partial charge in [0.25, 0.3) is 0 Å². The van der Waals surface area contributed by atoms with Crippen molar-refractivity contribution in [3.8, 4) is 0 Å². The fourth-order valence-corrected chi connectivity index (χ4v) is 2.83. The van der Waals surface area contributed by atoms with Crippen LogP contribution in [0.3, 0.4) is 0 Å². The van der Waals surface area contributed by atoms with Crippen molar-refractivity contribution in [2.45, 2.75) is 25.4 Å². The molecule has 0 radical (unpaired) electrons. The van der Waals surface area contributed by atoms with Crippen LogP contribution >= 0.6 is 0 Å². The van der Waals surface area contributed by atoms with Crippen molar-refractivity contribution in [2.24, 2.45) is 10.8 Å². The van der Waals surface area contributed by atoms with Gasteiger partial charge >= 0.3 is 0 Å². The Morgan fingerprint density at radius 1 is 1.09 bits per heavy atom. The summed E-state index contributed by atoms with van der Waals surface area (Å²) in [5.41, 5.74) is 9.09. The number of benzene rings is 2. The van der Waals surface area contributed by atoms with Crippen molar-refractivity contribution in [1.82, 2.24) is 5.01 Å². The van der Waals surface area contributed by atoms with E-state index in [4.69, 9.17) is 10.8 Å². The zero-order valence-corrected chi connectivity index (χ0v) is 12.5. The molecule has 0 aliphatic carbocycles. The Hall–Kier alpha value is -2.20. The van der Waals surface area contributed by atoms with Gasteiger partial charge in [-0.05, 0) is 36.2 Å². The summed E-state index contributed by atoms with van der Waals surface area (Å²) in [6, 6.07) is 17.1. The summed E-state index contributed by atoms with van der Waals surface area (Å²) in [6.45, 7) is 1.35. The van der Waals surface area contributed by atoms with Crippen LogP contribution in [0.5, 0.6) is 0 Å². The molecule has 1 unspecified atom stereocenters. The summed E-state index contributed by atoms with van der Waals surface area (Å²) in [5, 5.41) is 6.82. The van der Waals surface area contributed by atoms with Crippen molar-refractivity contribution in [2.75, 3.05) is 6.54 Å². The molecule has 2 N–H and O–H groups in total. The van der Waals surface area contributed by atoms with E-state index in [0.29, 0.717) is 6.54 Å². The van der Waals surface area contributed by atoms with E-state index >= 15 is 0 Å². The van der Waals surface area contributed by atoms with Crippen LogP contribution in [0.2, 0.25) is 0 Å². The summed E-state index contributed by atoms with van der Waals surface area (Å²) >= 11 is 0. The zero-order valence-electron chi connectivity index (χ0n) is 12.5. The molecule has 0 saturated carbocycles. The minimum Gasteiger partial charge on any atom is -0.330 e. The van der Waals surface area contributed by atoms with Crippen molar-refractivity contribution in [1.29, 1.82) is 0 Å². The number of hydrogen-bond acceptors (Lipinski definition) is 3. The Balaban J connectivity index is 1.82. The van der Waals surface area contributed by atoms with Gasteiger partial charge in [-0.1, -0.05) is 42.5 Å². The number of nitrogens with zero attached hydrogens (tertiary/aromatic N) is 2. The molecule has 0 aromatic heterocycles. The Morgan fingerprint density at radius 2 is 1.82 bits per heavy atom. The molecule has 2 aromatic carbocycles. The van der Waals surface area contributed by atoms with E-state index in [2.05, 4.69) is 17.1 Å². The smallest absolute Gasteiger partial charge is 0.123 e. The summed E-state index contributed by atoms with van der Waals surface area (Å²) in [6.07, 6.45) is 1.67. The highest BCUT2D eigenvalue weighted by Crippen LogP contribution is 2.32. The van der Waals surface area contributed by atoms with Gasteiger partial charge in [-0.3, -0.25) is 5.01 Å². The largest absolute Gasteiger partial charge is 0.330 e. The fourth-order valence-electron chi connectivity index (χ4n) is 2.83. The van der Waals surface area contributed by atoms with E-state index in [1.807, 2.05) is 30.3 Å². The van der Waals surface area contributed by atoms with Gasteiger partial charge in [0.15, 0.2) is 0 Å². The van der Waals surface area contributed by atoms with Crippen LogP contribution in [0.1, 0.15) is 30.0 Å². The number of hydrazone groups is 1. The maximum Gasteiger partial charge on any atom is 0.123 e. The second-order valence-electron chi connectivity index (χ2n) is 5.56. The molecule has 3 nitrogen and oxygen atoms in total. The third-order valence-corrected chi connectivity index (χ3v) is 3.93. The average Bonchev–Trinajstić information content (AvgIpc) is 2.92. The minimum atomic E-state index is -0.209. The van der Waals surface area contributed by atoms with Crippen LogP contribution in [0, 0.1) is 5.82 Å². The molecular weight excluding hydrogens is 277 g/mol. The summed E-state index contributed by atoms with van der Waals surface area (Å²) in [4.78, 5) is 0. The van der Waals surface area contributed by atoms with Gasteiger partial charge in [-0.2, -0.15) is 5.10 Å². The van der Waals surface area contributed by atoms with E-state index in [-0.39, 0.29) is 11.9 Å². The first-order valence-electron chi connectivity index (χ1n) is 7.58. The lowest BCUT2D eigenvalue weighted by Gasteiger charge is -2.24. The minimum absolute atomic E-state index is 0.155. The van der Waals surface area contributed by atoms with Crippen molar-refractivity contribution in [3.05, 3.63) is 71.5 Å². The molecule has 0 fully saturated rings. The molecule has 1 aliphatic rings. The average molecular weight is 297 g/mol. The molecule has 1 aliphatic heterocycles. The summed E-state index contributed by atoms with van der Waals surface area (Å²) < 4.78 is 13.2. The lowest BCUT2D eigenvalue weighted by atomic mass is 10.0. The first-order valence-corrected chi connectivity index (χ1v) is 7.58. The Labute approximate surface area is 130 Å². The van der Waals surface area contributed by atoms with Gasteiger partial charge < -0.3 is 5.73 Å². The molecule has 1 heterocycles. The Bertz CT molecular complexity index is 637. The van der Waals surface area contributed by atoms with Gasteiger partial charge in [-0.25, -0.2) is 4.39 Å². The third kappa shape index (κ3) is 3.34. The van der Waals surface area contributed by atoms with Crippen LogP contribution in [0.4, 0.5) is 4.39 Å². The molecule has 0 bridgehead atoms. The Kier molecular flexibility index (Phi) is 4.49. The molecule has 1 atom stereocenters. The van der Waals surface area contributed by atoms with Gasteiger partial charge in [0.05, 0.1) is 12.6 Å². The maximum absolute atomic E-state index is 13.2. The predicted octanol–water partition coefficient (Wildman–Crippen LogP) is 3.48. The molecule has 22 heavy (non-hydrogen) atoms. The second kappa shape index (κ2) is 6.71.